The van der Waals surface area contributed by atoms with Gasteiger partial charge in [0, 0.05) is 17.3 Å². The molecule has 0 saturated carbocycles. The first-order chi connectivity index (χ1) is 12.5. The van der Waals surface area contributed by atoms with Crippen molar-refractivity contribution >= 4 is 17.4 Å². The Labute approximate surface area is 152 Å². The Balaban J connectivity index is 2.22. The number of ether oxygens (including phenoxy) is 2. The number of rotatable bonds is 7. The Morgan fingerprint density at radius 3 is 2.12 bits per heavy atom. The number of hydrogen-bond donors (Lipinski definition) is 1. The van der Waals surface area contributed by atoms with Gasteiger partial charge in [-0.05, 0) is 36.2 Å². The van der Waals surface area contributed by atoms with E-state index in [0.29, 0.717) is 17.2 Å². The van der Waals surface area contributed by atoms with Crippen molar-refractivity contribution in [1.29, 1.82) is 5.26 Å². The number of aryl methyl sites for hydroxylation is 1. The average Bonchev–Trinajstić information content (AvgIpc) is 2.68. The van der Waals surface area contributed by atoms with Crippen molar-refractivity contribution in [3.8, 4) is 17.6 Å². The van der Waals surface area contributed by atoms with Crippen LogP contribution >= 0.6 is 0 Å². The number of nitrogens with zero attached hydrogens (tertiary/aromatic N) is 1. The summed E-state index contributed by atoms with van der Waals surface area (Å²) in [4.78, 5) is 25.1. The number of nitrogens with one attached hydrogen (secondary N) is 1. The minimum atomic E-state index is -1.47. The van der Waals surface area contributed by atoms with E-state index < -0.39 is 17.6 Å². The molecule has 0 fully saturated rings. The summed E-state index contributed by atoms with van der Waals surface area (Å²) in [5.41, 5.74) is 1.83. The van der Waals surface area contributed by atoms with Crippen molar-refractivity contribution in [2.75, 3.05) is 19.5 Å². The van der Waals surface area contributed by atoms with Crippen molar-refractivity contribution in [3.05, 3.63) is 53.6 Å². The number of anilines is 1. The predicted octanol–water partition coefficient (Wildman–Crippen LogP) is 3.23. The zero-order valence-corrected chi connectivity index (χ0v) is 14.9. The van der Waals surface area contributed by atoms with Gasteiger partial charge in [0.1, 0.15) is 11.5 Å². The minimum Gasteiger partial charge on any atom is -0.497 e. The molecule has 0 aliphatic carbocycles. The van der Waals surface area contributed by atoms with Crippen molar-refractivity contribution in [2.24, 2.45) is 5.92 Å². The van der Waals surface area contributed by atoms with Crippen molar-refractivity contribution < 1.29 is 19.1 Å². The molecule has 0 saturated heterocycles. The van der Waals surface area contributed by atoms with Crippen LogP contribution in [-0.4, -0.2) is 25.9 Å². The fourth-order valence-corrected chi connectivity index (χ4v) is 2.39. The highest BCUT2D eigenvalue weighted by Crippen LogP contribution is 2.24. The first-order valence-electron chi connectivity index (χ1n) is 8.09. The van der Waals surface area contributed by atoms with Crippen LogP contribution in [0.1, 0.15) is 22.8 Å². The lowest BCUT2D eigenvalue weighted by Gasteiger charge is -2.12. The van der Waals surface area contributed by atoms with Gasteiger partial charge in [-0.2, -0.15) is 5.26 Å². The van der Waals surface area contributed by atoms with Gasteiger partial charge in [-0.1, -0.05) is 19.1 Å². The molecular formula is C20H20N2O4. The summed E-state index contributed by atoms with van der Waals surface area (Å²) >= 11 is 0. The lowest BCUT2D eigenvalue weighted by molar-refractivity contribution is -0.117. The minimum absolute atomic E-state index is 0.171. The van der Waals surface area contributed by atoms with Crippen LogP contribution in [-0.2, 0) is 11.2 Å². The maximum atomic E-state index is 12.6. The monoisotopic (exact) mass is 352 g/mol. The van der Waals surface area contributed by atoms with E-state index in [1.165, 1.54) is 26.4 Å². The third kappa shape index (κ3) is 4.39. The smallest absolute Gasteiger partial charge is 0.249 e. The molecule has 1 amide bonds. The number of Topliss-reactive ketones (excluding diaryl/α,β-unsaturated/α-hetero) is 1. The van der Waals surface area contributed by atoms with E-state index in [4.69, 9.17) is 9.47 Å². The molecule has 2 aromatic carbocycles. The van der Waals surface area contributed by atoms with E-state index in [9.17, 15) is 14.9 Å². The molecule has 1 atom stereocenters. The number of carbonyl (C=O) groups excluding carboxylic acids is 2. The highest BCUT2D eigenvalue weighted by molar-refractivity contribution is 6.15. The van der Waals surface area contributed by atoms with Crippen LogP contribution in [0.25, 0.3) is 0 Å². The van der Waals surface area contributed by atoms with Crippen LogP contribution in [0, 0.1) is 17.2 Å². The van der Waals surface area contributed by atoms with Crippen molar-refractivity contribution in [3.63, 3.8) is 0 Å². The van der Waals surface area contributed by atoms with E-state index in [1.807, 2.05) is 19.1 Å². The van der Waals surface area contributed by atoms with Gasteiger partial charge in [-0.25, -0.2) is 0 Å². The van der Waals surface area contributed by atoms with Gasteiger partial charge >= 0.3 is 0 Å². The number of carbonyl (C=O) groups is 2. The molecule has 1 N–H and O–H groups in total. The second-order valence-corrected chi connectivity index (χ2v) is 5.57. The molecular weight excluding hydrogens is 332 g/mol. The van der Waals surface area contributed by atoms with Gasteiger partial charge in [0.05, 0.1) is 20.3 Å². The van der Waals surface area contributed by atoms with E-state index in [-0.39, 0.29) is 5.56 Å². The van der Waals surface area contributed by atoms with Gasteiger partial charge in [-0.15, -0.1) is 0 Å². The zero-order valence-electron chi connectivity index (χ0n) is 14.9. The first kappa shape index (κ1) is 19.0. The molecule has 134 valence electrons. The maximum absolute atomic E-state index is 12.6. The van der Waals surface area contributed by atoms with Crippen molar-refractivity contribution in [1.82, 2.24) is 0 Å². The summed E-state index contributed by atoms with van der Waals surface area (Å²) in [7, 11) is 2.91. The van der Waals surface area contributed by atoms with Gasteiger partial charge < -0.3 is 14.8 Å². The number of hydrogen-bond acceptors (Lipinski definition) is 5. The second-order valence-electron chi connectivity index (χ2n) is 5.57. The summed E-state index contributed by atoms with van der Waals surface area (Å²) in [6.07, 6.45) is 0.880. The Kier molecular flexibility index (Phi) is 6.34. The lowest BCUT2D eigenvalue weighted by Crippen LogP contribution is -2.28. The van der Waals surface area contributed by atoms with E-state index in [1.54, 1.807) is 24.3 Å². The quantitative estimate of drug-likeness (QED) is 0.610. The van der Waals surface area contributed by atoms with Gasteiger partial charge in [0.2, 0.25) is 5.91 Å². The average molecular weight is 352 g/mol. The van der Waals surface area contributed by atoms with Crippen LogP contribution in [0.3, 0.4) is 0 Å². The van der Waals surface area contributed by atoms with Crippen LogP contribution < -0.4 is 14.8 Å². The Morgan fingerprint density at radius 2 is 1.65 bits per heavy atom. The van der Waals surface area contributed by atoms with E-state index in [0.717, 1.165) is 12.0 Å². The fourth-order valence-electron chi connectivity index (χ4n) is 2.39. The van der Waals surface area contributed by atoms with Gasteiger partial charge in [-0.3, -0.25) is 9.59 Å². The highest BCUT2D eigenvalue weighted by atomic mass is 16.5. The largest absolute Gasteiger partial charge is 0.497 e. The van der Waals surface area contributed by atoms with Gasteiger partial charge in [0.25, 0.3) is 0 Å². The van der Waals surface area contributed by atoms with E-state index >= 15 is 0 Å². The summed E-state index contributed by atoms with van der Waals surface area (Å²) < 4.78 is 10.2. The number of benzene rings is 2. The van der Waals surface area contributed by atoms with Crippen LogP contribution in [0.5, 0.6) is 11.5 Å². The molecule has 0 spiro atoms. The summed E-state index contributed by atoms with van der Waals surface area (Å²) in [6.45, 7) is 2.03. The molecule has 0 aliphatic rings. The Morgan fingerprint density at radius 1 is 1.08 bits per heavy atom. The molecule has 2 aromatic rings. The summed E-state index contributed by atoms with van der Waals surface area (Å²) in [6, 6.07) is 13.6. The normalized spacial score (nSPS) is 11.2. The molecule has 0 unspecified atom stereocenters. The van der Waals surface area contributed by atoms with E-state index in [2.05, 4.69) is 5.32 Å². The molecule has 0 radical (unpaired) electrons. The fraction of sp³-hybridized carbons (Fsp3) is 0.250. The maximum Gasteiger partial charge on any atom is 0.249 e. The molecule has 26 heavy (non-hydrogen) atoms. The number of ketones is 1. The van der Waals surface area contributed by atoms with Crippen LogP contribution in [0.15, 0.2) is 42.5 Å². The Hall–Kier alpha value is -3.33. The van der Waals surface area contributed by atoms with Crippen LogP contribution in [0.4, 0.5) is 5.69 Å². The second kappa shape index (κ2) is 8.67. The highest BCUT2D eigenvalue weighted by Gasteiger charge is 2.28. The number of amides is 1. The third-order valence-electron chi connectivity index (χ3n) is 3.92. The Bertz CT molecular complexity index is 816. The molecule has 0 bridgehead atoms. The lowest BCUT2D eigenvalue weighted by atomic mass is 9.97. The van der Waals surface area contributed by atoms with Gasteiger partial charge in [0.15, 0.2) is 11.7 Å². The summed E-state index contributed by atoms with van der Waals surface area (Å²) in [5.74, 6) is -1.96. The van der Waals surface area contributed by atoms with Crippen molar-refractivity contribution in [2.45, 2.75) is 13.3 Å². The molecule has 0 aliphatic heterocycles. The number of methoxy groups -OCH3 is 2. The first-order valence-corrected chi connectivity index (χ1v) is 8.09. The zero-order chi connectivity index (χ0) is 19.1. The SMILES string of the molecule is CCc1ccc(NC(=O)[C@@H](C#N)C(=O)c2cc(OC)cc(OC)c2)cc1. The third-order valence-corrected chi connectivity index (χ3v) is 3.92. The molecule has 0 aromatic heterocycles. The van der Waals surface area contributed by atoms with Crippen LogP contribution in [0.2, 0.25) is 0 Å². The number of nitriles is 1. The standard InChI is InChI=1S/C20H20N2O4/c1-4-13-5-7-15(8-6-13)22-20(24)18(12-21)19(23)14-9-16(25-2)11-17(10-14)26-3/h5-11,18H,4H2,1-3H3,(H,22,24)/t18-/m0/s1. The predicted molar refractivity (Wildman–Crippen MR) is 97.4 cm³/mol. The molecule has 0 heterocycles. The topological polar surface area (TPSA) is 88.4 Å². The molecule has 6 nitrogen and oxygen atoms in total. The summed E-state index contributed by atoms with van der Waals surface area (Å²) in [5, 5.41) is 12.0. The molecule has 2 rings (SSSR count). The molecule has 6 heteroatoms.